The molecule has 1 fully saturated rings. The minimum atomic E-state index is -0.783. The number of benzene rings is 1. The first-order chi connectivity index (χ1) is 7.10. The van der Waals surface area contributed by atoms with Crippen LogP contribution in [0.25, 0.3) is 0 Å². The van der Waals surface area contributed by atoms with Crippen molar-refractivity contribution in [2.75, 3.05) is 13.1 Å². The van der Waals surface area contributed by atoms with Crippen molar-refractivity contribution >= 4 is 0 Å². The molecule has 0 amide bonds. The highest BCUT2D eigenvalue weighted by Gasteiger charge is 2.33. The first kappa shape index (κ1) is 10.6. The normalized spacial score (nSPS) is 31.5. The minimum absolute atomic E-state index is 0.262. The molecule has 0 bridgehead atoms. The zero-order chi connectivity index (χ0) is 10.9. The average molecular weight is 209 g/mol. The van der Waals surface area contributed by atoms with E-state index in [4.69, 9.17) is 0 Å². The summed E-state index contributed by atoms with van der Waals surface area (Å²) in [5.41, 5.74) is 0.0333. The molecule has 1 heterocycles. The lowest BCUT2D eigenvalue weighted by molar-refractivity contribution is -0.862. The summed E-state index contributed by atoms with van der Waals surface area (Å²) in [7, 11) is 3.92. The molecule has 1 aliphatic rings. The van der Waals surface area contributed by atoms with Crippen molar-refractivity contribution in [1.82, 2.24) is 0 Å². The summed E-state index contributed by atoms with van der Waals surface area (Å²) < 4.78 is 12.7. The molecule has 1 aliphatic heterocycles. The van der Waals surface area contributed by atoms with Gasteiger partial charge in [0.25, 0.3) is 0 Å². The van der Waals surface area contributed by atoms with Gasteiger partial charge >= 0.3 is 0 Å². The molecular formula is C12H16FNO. The molecule has 0 unspecified atom stereocenters. The number of nitrogens with one attached hydrogen (secondary N) is 1. The molecule has 1 aromatic carbocycles. The van der Waals surface area contributed by atoms with E-state index in [1.807, 2.05) is 0 Å². The Balaban J connectivity index is 2.18. The van der Waals surface area contributed by atoms with E-state index in [1.54, 1.807) is 12.1 Å². The van der Waals surface area contributed by atoms with Crippen LogP contribution in [0.5, 0.6) is 0 Å². The zero-order valence-electron chi connectivity index (χ0n) is 8.67. The van der Waals surface area contributed by atoms with Crippen LogP contribution in [0.3, 0.4) is 0 Å². The second kappa shape index (κ2) is 3.91. The van der Waals surface area contributed by atoms with Crippen LogP contribution >= 0.6 is 0 Å². The first-order valence-electron chi connectivity index (χ1n) is 5.25. The minimum Gasteiger partial charge on any atom is -0.468 e. The van der Waals surface area contributed by atoms with Gasteiger partial charge in [0, 0.05) is 12.8 Å². The number of rotatable bonds is 1. The summed E-state index contributed by atoms with van der Waals surface area (Å²) in [5.74, 6) is -0.262. The second-order valence-corrected chi connectivity index (χ2v) is 4.29. The molecule has 2 rings (SSSR count). The van der Waals surface area contributed by atoms with Gasteiger partial charge in [0.15, 0.2) is 0 Å². The van der Waals surface area contributed by atoms with E-state index in [0.29, 0.717) is 12.8 Å². The van der Waals surface area contributed by atoms with Crippen LogP contribution in [-0.2, 0) is 5.60 Å². The molecular weight excluding hydrogens is 193 g/mol. The highest BCUT2D eigenvalue weighted by Crippen LogP contribution is 2.29. The number of halogens is 1. The van der Waals surface area contributed by atoms with Gasteiger partial charge < -0.3 is 10.0 Å². The smallest absolute Gasteiger partial charge is 0.123 e. The standard InChI is InChI=1S/C12H16FNO/c1-14-8-6-12(15,7-9-14)10-2-4-11(13)5-3-10/h2-5,14-15H,1,6-9H2. The van der Waals surface area contributed by atoms with Crippen molar-refractivity contribution in [1.29, 1.82) is 0 Å². The van der Waals surface area contributed by atoms with E-state index in [9.17, 15) is 9.50 Å². The first-order valence-corrected chi connectivity index (χ1v) is 5.25. The summed E-state index contributed by atoms with van der Waals surface area (Å²) in [6.45, 7) is 1.71. The van der Waals surface area contributed by atoms with Crippen molar-refractivity contribution in [3.8, 4) is 0 Å². The Bertz CT molecular complexity index is 328. The lowest BCUT2D eigenvalue weighted by Crippen LogP contribution is -3.08. The van der Waals surface area contributed by atoms with Gasteiger partial charge in [0.1, 0.15) is 11.4 Å². The Morgan fingerprint density at radius 1 is 1.20 bits per heavy atom. The molecule has 2 N–H and O–H groups in total. The molecule has 1 aromatic rings. The third-order valence-electron chi connectivity index (χ3n) is 3.17. The third-order valence-corrected chi connectivity index (χ3v) is 3.17. The summed E-state index contributed by atoms with van der Waals surface area (Å²) in [5, 5.41) is 10.4. The van der Waals surface area contributed by atoms with Crippen LogP contribution < -0.4 is 4.90 Å². The highest BCUT2D eigenvalue weighted by atomic mass is 19.1. The summed E-state index contributed by atoms with van der Waals surface area (Å²) >= 11 is 0. The number of likely N-dealkylation sites (tertiary alicyclic amines) is 1. The number of piperidine rings is 1. The Kier molecular flexibility index (Phi) is 2.76. The van der Waals surface area contributed by atoms with E-state index in [2.05, 4.69) is 7.05 Å². The second-order valence-electron chi connectivity index (χ2n) is 4.29. The van der Waals surface area contributed by atoms with Gasteiger partial charge in [-0.1, -0.05) is 12.1 Å². The van der Waals surface area contributed by atoms with Crippen molar-refractivity contribution in [2.45, 2.75) is 18.4 Å². The van der Waals surface area contributed by atoms with Crippen LogP contribution in [0, 0.1) is 12.9 Å². The molecule has 0 spiro atoms. The highest BCUT2D eigenvalue weighted by molar-refractivity contribution is 5.23. The molecule has 3 heteroatoms. The predicted octanol–water partition coefficient (Wildman–Crippen LogP) is 0.484. The zero-order valence-corrected chi connectivity index (χ0v) is 8.67. The van der Waals surface area contributed by atoms with Gasteiger partial charge in [0.2, 0.25) is 0 Å². The molecule has 82 valence electrons. The fourth-order valence-electron chi connectivity index (χ4n) is 2.07. The van der Waals surface area contributed by atoms with E-state index < -0.39 is 5.60 Å². The van der Waals surface area contributed by atoms with Gasteiger partial charge in [-0.25, -0.2) is 4.39 Å². The fraction of sp³-hybridized carbons (Fsp3) is 0.417. The quantitative estimate of drug-likeness (QED) is 0.646. The van der Waals surface area contributed by atoms with Crippen LogP contribution in [0.2, 0.25) is 0 Å². The SMILES string of the molecule is [CH2-][NH+]1CCC(O)(c2ccc(F)cc2)CC1. The molecule has 0 aromatic heterocycles. The van der Waals surface area contributed by atoms with Crippen LogP contribution in [0.4, 0.5) is 4.39 Å². The molecule has 1 saturated heterocycles. The fourth-order valence-corrected chi connectivity index (χ4v) is 2.07. The van der Waals surface area contributed by atoms with Crippen molar-refractivity contribution in [2.24, 2.45) is 0 Å². The summed E-state index contributed by atoms with van der Waals surface area (Å²) in [6, 6.07) is 6.14. The molecule has 0 aliphatic carbocycles. The Morgan fingerprint density at radius 3 is 2.27 bits per heavy atom. The van der Waals surface area contributed by atoms with Gasteiger partial charge in [-0.2, -0.15) is 7.05 Å². The Labute approximate surface area is 89.3 Å². The topological polar surface area (TPSA) is 24.7 Å². The predicted molar refractivity (Wildman–Crippen MR) is 55.6 cm³/mol. The van der Waals surface area contributed by atoms with E-state index in [1.165, 1.54) is 17.0 Å². The maximum atomic E-state index is 12.7. The largest absolute Gasteiger partial charge is 0.468 e. The number of hydrogen-bond acceptors (Lipinski definition) is 1. The van der Waals surface area contributed by atoms with Crippen molar-refractivity contribution in [3.05, 3.63) is 42.7 Å². The Hall–Kier alpha value is -0.930. The lowest BCUT2D eigenvalue weighted by Gasteiger charge is -2.37. The van der Waals surface area contributed by atoms with Gasteiger partial charge in [-0.15, -0.1) is 0 Å². The van der Waals surface area contributed by atoms with E-state index in [0.717, 1.165) is 18.7 Å². The van der Waals surface area contributed by atoms with Crippen molar-refractivity contribution < 1.29 is 14.4 Å². The lowest BCUT2D eigenvalue weighted by atomic mass is 9.85. The van der Waals surface area contributed by atoms with Gasteiger partial charge in [-0.3, -0.25) is 0 Å². The molecule has 2 nitrogen and oxygen atoms in total. The van der Waals surface area contributed by atoms with Gasteiger partial charge in [-0.05, 0) is 17.7 Å². The van der Waals surface area contributed by atoms with Crippen LogP contribution in [-0.4, -0.2) is 18.2 Å². The average Bonchev–Trinajstić information content (AvgIpc) is 2.24. The van der Waals surface area contributed by atoms with Crippen molar-refractivity contribution in [3.63, 3.8) is 0 Å². The number of aliphatic hydroxyl groups is 1. The third kappa shape index (κ3) is 2.19. The molecule has 15 heavy (non-hydrogen) atoms. The Morgan fingerprint density at radius 2 is 1.73 bits per heavy atom. The van der Waals surface area contributed by atoms with E-state index >= 15 is 0 Å². The number of hydrogen-bond donors (Lipinski definition) is 2. The van der Waals surface area contributed by atoms with Crippen LogP contribution in [0.1, 0.15) is 18.4 Å². The van der Waals surface area contributed by atoms with E-state index in [-0.39, 0.29) is 5.82 Å². The maximum Gasteiger partial charge on any atom is 0.123 e. The monoisotopic (exact) mass is 209 g/mol. The molecule has 0 atom stereocenters. The van der Waals surface area contributed by atoms with Crippen LogP contribution in [0.15, 0.2) is 24.3 Å². The maximum absolute atomic E-state index is 12.7. The molecule has 0 saturated carbocycles. The summed E-state index contributed by atoms with van der Waals surface area (Å²) in [6.07, 6.45) is 1.38. The van der Waals surface area contributed by atoms with Gasteiger partial charge in [0.05, 0.1) is 13.1 Å². The number of quaternary nitrogens is 1. The summed E-state index contributed by atoms with van der Waals surface area (Å²) in [4.78, 5) is 1.20. The molecule has 0 radical (unpaired) electrons.